The number of aromatic nitrogens is 4. The number of nitrogens with two attached hydrogens (primary N) is 1. The van der Waals surface area contributed by atoms with Gasteiger partial charge < -0.3 is 24.5 Å². The molecule has 0 aliphatic carbocycles. The predicted octanol–water partition coefficient (Wildman–Crippen LogP) is 3.39. The van der Waals surface area contributed by atoms with Crippen molar-refractivity contribution < 1.29 is 28.4 Å². The zero-order chi connectivity index (χ0) is 29.2. The predicted molar refractivity (Wildman–Crippen MR) is 149 cm³/mol. The van der Waals surface area contributed by atoms with Gasteiger partial charge in [0.1, 0.15) is 23.7 Å². The summed E-state index contributed by atoms with van der Waals surface area (Å²) < 4.78 is 32.5. The summed E-state index contributed by atoms with van der Waals surface area (Å²) in [5.74, 6) is -0.671. The van der Waals surface area contributed by atoms with E-state index in [2.05, 4.69) is 32.1 Å². The largest absolute Gasteiger partial charge is 0.464 e. The van der Waals surface area contributed by atoms with Crippen LogP contribution < -0.4 is 15.9 Å². The summed E-state index contributed by atoms with van der Waals surface area (Å²) in [6.07, 6.45) is 4.70. The van der Waals surface area contributed by atoms with Gasteiger partial charge in [-0.1, -0.05) is 19.8 Å². The molecule has 13 nitrogen and oxygen atoms in total. The average Bonchev–Trinajstić information content (AvgIpc) is 3.23. The first-order chi connectivity index (χ1) is 18.3. The highest BCUT2D eigenvalue weighted by molar-refractivity contribution is 7.59. The quantitative estimate of drug-likeness (QED) is 0.144. The number of unbranched alkanes of at least 4 members (excludes halogenated alkanes) is 2. The number of anilines is 1. The Hall–Kier alpha value is -2.60. The van der Waals surface area contributed by atoms with Crippen LogP contribution in [0.15, 0.2) is 12.7 Å². The molecule has 0 unspecified atom stereocenters. The number of ether oxygens (including phenoxy) is 3. The Kier molecular flexibility index (Phi) is 12.3. The molecule has 3 atom stereocenters. The molecule has 0 fully saturated rings. The van der Waals surface area contributed by atoms with Crippen molar-refractivity contribution in [3.63, 3.8) is 0 Å². The number of hydrogen-bond donors (Lipinski definition) is 3. The number of nitrogens with one attached hydrogen (secondary N) is 2. The number of rotatable bonds is 17. The van der Waals surface area contributed by atoms with Crippen LogP contribution in [0.25, 0.3) is 11.2 Å². The minimum atomic E-state index is -3.59. The van der Waals surface area contributed by atoms with Crippen LogP contribution in [0.5, 0.6) is 0 Å². The van der Waals surface area contributed by atoms with Gasteiger partial charge in [-0.15, -0.1) is 0 Å². The van der Waals surface area contributed by atoms with Crippen LogP contribution in [0.2, 0.25) is 0 Å². The van der Waals surface area contributed by atoms with E-state index in [0.717, 1.165) is 19.3 Å². The van der Waals surface area contributed by atoms with Crippen LogP contribution in [-0.2, 0) is 34.9 Å². The molecule has 0 saturated heterocycles. The van der Waals surface area contributed by atoms with Crippen LogP contribution in [0.4, 0.5) is 5.82 Å². The minimum absolute atomic E-state index is 0.0105. The summed E-state index contributed by atoms with van der Waals surface area (Å²) in [5, 5.41) is 5.93. The van der Waals surface area contributed by atoms with Crippen molar-refractivity contribution in [2.45, 2.75) is 104 Å². The standard InChI is InChI=1S/C25H44N7O6P/c1-8-9-10-11-36-24(34)25(6,7)31-39(35,30-18(4)12-20(33)38-17(2)3)16-37-19(5)13-32-15-29-21-22(26)27-14-28-23(21)32/h14-15,17-19H,8-13,16H2,1-7H3,(H2,26,27,28)(H2,30,31,35)/t18-,19-,39+/m1/s1. The summed E-state index contributed by atoms with van der Waals surface area (Å²) in [5.41, 5.74) is 5.63. The summed E-state index contributed by atoms with van der Waals surface area (Å²) >= 11 is 0. The lowest BCUT2D eigenvalue weighted by molar-refractivity contribution is -0.150. The summed E-state index contributed by atoms with van der Waals surface area (Å²) in [6, 6.07) is -0.526. The highest BCUT2D eigenvalue weighted by Crippen LogP contribution is 2.40. The normalized spacial score (nSPS) is 15.2. The molecule has 2 heterocycles. The number of esters is 2. The molecular weight excluding hydrogens is 525 g/mol. The maximum Gasteiger partial charge on any atom is 0.326 e. The third-order valence-corrected chi connectivity index (χ3v) is 7.94. The van der Waals surface area contributed by atoms with Gasteiger partial charge in [0.05, 0.1) is 38.1 Å². The molecule has 0 aliphatic rings. The van der Waals surface area contributed by atoms with Gasteiger partial charge in [0.15, 0.2) is 11.5 Å². The molecule has 0 saturated carbocycles. The third kappa shape index (κ3) is 10.5. The Morgan fingerprint density at radius 3 is 2.54 bits per heavy atom. The van der Waals surface area contributed by atoms with Crippen LogP contribution in [-0.4, -0.2) is 68.2 Å². The van der Waals surface area contributed by atoms with Gasteiger partial charge in [-0.3, -0.25) is 14.2 Å². The number of nitrogens with zero attached hydrogens (tertiary/aromatic N) is 4. The molecular formula is C25H44N7O6P. The van der Waals surface area contributed by atoms with Gasteiger partial charge in [0.25, 0.3) is 0 Å². The molecule has 14 heteroatoms. The second-order valence-electron chi connectivity index (χ2n) is 10.5. The van der Waals surface area contributed by atoms with Gasteiger partial charge in [0.2, 0.25) is 7.44 Å². The van der Waals surface area contributed by atoms with E-state index < -0.39 is 37.1 Å². The van der Waals surface area contributed by atoms with Gasteiger partial charge in [0, 0.05) is 6.04 Å². The Labute approximate surface area is 230 Å². The Bertz CT molecular complexity index is 1140. The van der Waals surface area contributed by atoms with E-state index in [1.807, 2.05) is 6.92 Å². The molecule has 2 aromatic heterocycles. The van der Waals surface area contributed by atoms with Crippen molar-refractivity contribution in [3.8, 4) is 0 Å². The zero-order valence-corrected chi connectivity index (χ0v) is 25.0. The summed E-state index contributed by atoms with van der Waals surface area (Å²) in [4.78, 5) is 37.4. The Morgan fingerprint density at radius 2 is 1.87 bits per heavy atom. The van der Waals surface area contributed by atoms with Crippen LogP contribution in [0.1, 0.15) is 74.1 Å². The fourth-order valence-corrected chi connectivity index (χ4v) is 6.32. The lowest BCUT2D eigenvalue weighted by Gasteiger charge is -2.32. The van der Waals surface area contributed by atoms with Crippen molar-refractivity contribution in [1.82, 2.24) is 29.7 Å². The number of carbonyl (C=O) groups is 2. The van der Waals surface area contributed by atoms with E-state index in [-0.39, 0.29) is 31.3 Å². The van der Waals surface area contributed by atoms with Crippen molar-refractivity contribution in [3.05, 3.63) is 12.7 Å². The molecule has 2 rings (SSSR count). The molecule has 0 amide bonds. The van der Waals surface area contributed by atoms with E-state index in [9.17, 15) is 14.2 Å². The molecule has 4 N–H and O–H groups in total. The van der Waals surface area contributed by atoms with E-state index in [1.54, 1.807) is 45.5 Å². The smallest absolute Gasteiger partial charge is 0.326 e. The van der Waals surface area contributed by atoms with Crippen LogP contribution >= 0.6 is 7.44 Å². The minimum Gasteiger partial charge on any atom is -0.464 e. The number of fused-ring (bicyclic) bond motifs is 1. The second-order valence-corrected chi connectivity index (χ2v) is 12.7. The van der Waals surface area contributed by atoms with Crippen molar-refractivity contribution >= 4 is 36.4 Å². The number of hydrogen-bond acceptors (Lipinski definition) is 10. The molecule has 2 aromatic rings. The van der Waals surface area contributed by atoms with Gasteiger partial charge in [-0.05, 0) is 48.0 Å². The number of carbonyl (C=O) groups excluding carboxylic acids is 2. The lowest BCUT2D eigenvalue weighted by atomic mass is 10.1. The molecule has 220 valence electrons. The first-order valence-electron chi connectivity index (χ1n) is 13.3. The lowest BCUT2D eigenvalue weighted by Crippen LogP contribution is -2.49. The average molecular weight is 570 g/mol. The van der Waals surface area contributed by atoms with Crippen molar-refractivity contribution in [2.75, 3.05) is 18.7 Å². The fraction of sp³-hybridized carbons (Fsp3) is 0.720. The molecule has 0 aromatic carbocycles. The SMILES string of the molecule is CCCCCOC(=O)C(C)(C)N[P@](=O)(CO[C@H](C)Cn1cnc2c(N)ncnc21)N[C@H](C)CC(=O)OC(C)C. The van der Waals surface area contributed by atoms with Gasteiger partial charge in [-0.25, -0.2) is 25.1 Å². The zero-order valence-electron chi connectivity index (χ0n) is 24.1. The van der Waals surface area contributed by atoms with E-state index in [4.69, 9.17) is 19.9 Å². The topological polar surface area (TPSA) is 173 Å². The van der Waals surface area contributed by atoms with Crippen LogP contribution in [0.3, 0.4) is 0 Å². The number of imidazole rings is 1. The molecule has 0 bridgehead atoms. The van der Waals surface area contributed by atoms with Gasteiger partial charge in [-0.2, -0.15) is 0 Å². The monoisotopic (exact) mass is 569 g/mol. The fourth-order valence-electron chi connectivity index (χ4n) is 3.85. The first-order valence-corrected chi connectivity index (χ1v) is 15.2. The van der Waals surface area contributed by atoms with E-state index in [0.29, 0.717) is 17.7 Å². The maximum atomic E-state index is 14.1. The molecule has 0 radical (unpaired) electrons. The Morgan fingerprint density at radius 1 is 1.15 bits per heavy atom. The van der Waals surface area contributed by atoms with Gasteiger partial charge >= 0.3 is 11.9 Å². The second kappa shape index (κ2) is 14.7. The third-order valence-electron chi connectivity index (χ3n) is 5.64. The highest BCUT2D eigenvalue weighted by atomic mass is 31.2. The maximum absolute atomic E-state index is 14.1. The molecule has 0 spiro atoms. The van der Waals surface area contributed by atoms with E-state index in [1.165, 1.54) is 6.33 Å². The summed E-state index contributed by atoms with van der Waals surface area (Å²) in [7, 11) is -3.59. The molecule has 39 heavy (non-hydrogen) atoms. The molecule has 0 aliphatic heterocycles. The first kappa shape index (κ1) is 32.6. The number of nitrogen functional groups attached to an aromatic ring is 1. The van der Waals surface area contributed by atoms with Crippen LogP contribution in [0, 0.1) is 0 Å². The van der Waals surface area contributed by atoms with Crippen molar-refractivity contribution in [2.24, 2.45) is 0 Å². The highest BCUT2D eigenvalue weighted by Gasteiger charge is 2.38. The summed E-state index contributed by atoms with van der Waals surface area (Å²) in [6.45, 7) is 13.0. The Balaban J connectivity index is 2.12. The van der Waals surface area contributed by atoms with Crippen molar-refractivity contribution in [1.29, 1.82) is 0 Å². The van der Waals surface area contributed by atoms with E-state index >= 15 is 0 Å².